The summed E-state index contributed by atoms with van der Waals surface area (Å²) >= 11 is 0. The summed E-state index contributed by atoms with van der Waals surface area (Å²) in [4.78, 5) is 11.3. The number of nitrogen functional groups attached to an aromatic ring is 1. The monoisotopic (exact) mass is 277 g/mol. The van der Waals surface area contributed by atoms with Gasteiger partial charge in [-0.25, -0.2) is 8.78 Å². The van der Waals surface area contributed by atoms with Gasteiger partial charge in [0.25, 0.3) is 5.91 Å². The van der Waals surface area contributed by atoms with Crippen molar-refractivity contribution in [1.82, 2.24) is 0 Å². The molecule has 0 fully saturated rings. The Labute approximate surface area is 114 Å². The van der Waals surface area contributed by atoms with Gasteiger partial charge in [-0.05, 0) is 36.4 Å². The molecule has 4 nitrogen and oxygen atoms in total. The van der Waals surface area contributed by atoms with Gasteiger partial charge in [0.1, 0.15) is 11.6 Å². The van der Waals surface area contributed by atoms with Crippen LogP contribution in [-0.2, 0) is 6.54 Å². The highest BCUT2D eigenvalue weighted by molar-refractivity contribution is 5.99. The van der Waals surface area contributed by atoms with E-state index in [4.69, 9.17) is 11.5 Å². The predicted octanol–water partition coefficient (Wildman–Crippen LogP) is 2.26. The van der Waals surface area contributed by atoms with Crippen molar-refractivity contribution in [3.05, 3.63) is 59.2 Å². The fraction of sp³-hybridized carbons (Fsp3) is 0.0714. The van der Waals surface area contributed by atoms with Crippen LogP contribution in [0.1, 0.15) is 15.9 Å². The largest absolute Gasteiger partial charge is 0.399 e. The van der Waals surface area contributed by atoms with Crippen LogP contribution in [0.15, 0.2) is 36.4 Å². The van der Waals surface area contributed by atoms with Crippen LogP contribution in [0, 0.1) is 11.6 Å². The Balaban J connectivity index is 2.24. The topological polar surface area (TPSA) is 81.1 Å². The first-order chi connectivity index (χ1) is 9.47. The molecule has 0 aromatic heterocycles. The second-order valence-corrected chi connectivity index (χ2v) is 4.26. The molecule has 0 bridgehead atoms. The Morgan fingerprint density at radius 3 is 2.60 bits per heavy atom. The van der Waals surface area contributed by atoms with Gasteiger partial charge in [0, 0.05) is 23.5 Å². The Bertz CT molecular complexity index is 659. The van der Waals surface area contributed by atoms with Crippen molar-refractivity contribution in [2.45, 2.75) is 6.54 Å². The molecule has 0 aliphatic carbocycles. The first kappa shape index (κ1) is 13.8. The van der Waals surface area contributed by atoms with E-state index >= 15 is 0 Å². The van der Waals surface area contributed by atoms with Gasteiger partial charge in [-0.2, -0.15) is 0 Å². The van der Waals surface area contributed by atoms with E-state index in [0.717, 1.165) is 18.2 Å². The van der Waals surface area contributed by atoms with E-state index in [9.17, 15) is 13.6 Å². The number of carbonyl (C=O) groups is 1. The maximum atomic E-state index is 13.5. The smallest absolute Gasteiger partial charge is 0.250 e. The molecule has 0 unspecified atom stereocenters. The first-order valence-electron chi connectivity index (χ1n) is 5.84. The second kappa shape index (κ2) is 5.56. The molecule has 20 heavy (non-hydrogen) atoms. The molecule has 0 saturated carbocycles. The fourth-order valence-electron chi connectivity index (χ4n) is 1.79. The van der Waals surface area contributed by atoms with Gasteiger partial charge in [0.05, 0.1) is 5.56 Å². The first-order valence-corrected chi connectivity index (χ1v) is 5.84. The SMILES string of the molecule is NC(=O)c1ccc(N)cc1NCc1cc(F)ccc1F. The van der Waals surface area contributed by atoms with Crippen LogP contribution in [0.25, 0.3) is 0 Å². The number of nitrogens with one attached hydrogen (secondary N) is 1. The van der Waals surface area contributed by atoms with Gasteiger partial charge in [-0.3, -0.25) is 4.79 Å². The third kappa shape index (κ3) is 3.03. The Morgan fingerprint density at radius 2 is 1.90 bits per heavy atom. The molecule has 0 heterocycles. The minimum Gasteiger partial charge on any atom is -0.399 e. The number of halogens is 2. The number of amides is 1. The second-order valence-electron chi connectivity index (χ2n) is 4.26. The van der Waals surface area contributed by atoms with Crippen molar-refractivity contribution < 1.29 is 13.6 Å². The third-order valence-electron chi connectivity index (χ3n) is 2.79. The number of carbonyl (C=O) groups excluding carboxylic acids is 1. The summed E-state index contributed by atoms with van der Waals surface area (Å²) in [6.45, 7) is 0.00727. The molecule has 0 aliphatic rings. The third-order valence-corrected chi connectivity index (χ3v) is 2.79. The van der Waals surface area contributed by atoms with Crippen molar-refractivity contribution in [1.29, 1.82) is 0 Å². The number of rotatable bonds is 4. The van der Waals surface area contributed by atoms with E-state index in [1.807, 2.05) is 0 Å². The van der Waals surface area contributed by atoms with Crippen LogP contribution in [0.2, 0.25) is 0 Å². The lowest BCUT2D eigenvalue weighted by Crippen LogP contribution is -2.15. The Kier molecular flexibility index (Phi) is 3.84. The van der Waals surface area contributed by atoms with E-state index < -0.39 is 17.5 Å². The molecule has 0 atom stereocenters. The Hall–Kier alpha value is -2.63. The molecule has 6 heteroatoms. The maximum absolute atomic E-state index is 13.5. The number of nitrogens with two attached hydrogens (primary N) is 2. The summed E-state index contributed by atoms with van der Waals surface area (Å²) in [6.07, 6.45) is 0. The summed E-state index contributed by atoms with van der Waals surface area (Å²) in [5, 5.41) is 2.83. The maximum Gasteiger partial charge on any atom is 0.250 e. The summed E-state index contributed by atoms with van der Waals surface area (Å²) in [7, 11) is 0. The highest BCUT2D eigenvalue weighted by atomic mass is 19.1. The molecular formula is C14H13F2N3O. The van der Waals surface area contributed by atoms with Gasteiger partial charge in [0.2, 0.25) is 0 Å². The molecule has 2 aromatic rings. The zero-order valence-electron chi connectivity index (χ0n) is 10.5. The molecular weight excluding hydrogens is 264 g/mol. The van der Waals surface area contributed by atoms with Crippen molar-refractivity contribution in [3.8, 4) is 0 Å². The molecule has 0 spiro atoms. The van der Waals surface area contributed by atoms with Crippen molar-refractivity contribution >= 4 is 17.3 Å². The lowest BCUT2D eigenvalue weighted by Gasteiger charge is -2.11. The number of hydrogen-bond donors (Lipinski definition) is 3. The van der Waals surface area contributed by atoms with E-state index in [1.165, 1.54) is 18.2 Å². The van der Waals surface area contributed by atoms with E-state index in [0.29, 0.717) is 11.4 Å². The average molecular weight is 277 g/mol. The van der Waals surface area contributed by atoms with Gasteiger partial charge in [-0.15, -0.1) is 0 Å². The summed E-state index contributed by atoms with van der Waals surface area (Å²) in [5.41, 5.74) is 12.0. The molecule has 0 aliphatic heterocycles. The average Bonchev–Trinajstić information content (AvgIpc) is 2.39. The minimum atomic E-state index is -0.632. The molecule has 2 rings (SSSR count). The van der Waals surface area contributed by atoms with Crippen LogP contribution >= 0.6 is 0 Å². The van der Waals surface area contributed by atoms with Crippen molar-refractivity contribution in [3.63, 3.8) is 0 Å². The molecule has 1 amide bonds. The van der Waals surface area contributed by atoms with Crippen LogP contribution < -0.4 is 16.8 Å². The fourth-order valence-corrected chi connectivity index (χ4v) is 1.79. The normalized spacial score (nSPS) is 10.3. The molecule has 5 N–H and O–H groups in total. The summed E-state index contributed by atoms with van der Waals surface area (Å²) < 4.78 is 26.5. The number of benzene rings is 2. The highest BCUT2D eigenvalue weighted by Gasteiger charge is 2.10. The van der Waals surface area contributed by atoms with E-state index in [-0.39, 0.29) is 17.7 Å². The van der Waals surface area contributed by atoms with Gasteiger partial charge < -0.3 is 16.8 Å². The van der Waals surface area contributed by atoms with E-state index in [2.05, 4.69) is 5.32 Å². The minimum absolute atomic E-state index is 0.00727. The summed E-state index contributed by atoms with van der Waals surface area (Å²) in [6, 6.07) is 7.68. The van der Waals surface area contributed by atoms with Crippen LogP contribution in [0.5, 0.6) is 0 Å². The quantitative estimate of drug-likeness (QED) is 0.750. The lowest BCUT2D eigenvalue weighted by atomic mass is 10.1. The van der Waals surface area contributed by atoms with Gasteiger partial charge in [0.15, 0.2) is 0 Å². The molecule has 2 aromatic carbocycles. The number of anilines is 2. The van der Waals surface area contributed by atoms with Crippen LogP contribution in [0.3, 0.4) is 0 Å². The lowest BCUT2D eigenvalue weighted by molar-refractivity contribution is 0.100. The molecule has 0 saturated heterocycles. The summed E-state index contributed by atoms with van der Waals surface area (Å²) in [5.74, 6) is -1.71. The number of primary amides is 1. The molecule has 0 radical (unpaired) electrons. The van der Waals surface area contributed by atoms with Crippen LogP contribution in [-0.4, -0.2) is 5.91 Å². The van der Waals surface area contributed by atoms with Gasteiger partial charge >= 0.3 is 0 Å². The van der Waals surface area contributed by atoms with E-state index in [1.54, 1.807) is 0 Å². The Morgan fingerprint density at radius 1 is 1.15 bits per heavy atom. The van der Waals surface area contributed by atoms with Crippen molar-refractivity contribution in [2.75, 3.05) is 11.1 Å². The molecule has 104 valence electrons. The standard InChI is InChI=1S/C14H13F2N3O/c15-9-1-4-12(16)8(5-9)7-19-13-6-10(17)2-3-11(13)14(18)20/h1-6,19H,7,17H2,(H2,18,20). The highest BCUT2D eigenvalue weighted by Crippen LogP contribution is 2.20. The predicted molar refractivity (Wildman–Crippen MR) is 73.1 cm³/mol. The van der Waals surface area contributed by atoms with Crippen LogP contribution in [0.4, 0.5) is 20.2 Å². The number of hydrogen-bond acceptors (Lipinski definition) is 3. The zero-order chi connectivity index (χ0) is 14.7. The zero-order valence-corrected chi connectivity index (χ0v) is 10.5. The van der Waals surface area contributed by atoms with Crippen molar-refractivity contribution in [2.24, 2.45) is 5.73 Å². The van der Waals surface area contributed by atoms with Gasteiger partial charge in [-0.1, -0.05) is 0 Å².